The number of urea groups is 1. The lowest BCUT2D eigenvalue weighted by Crippen LogP contribution is -2.38. The fourth-order valence-corrected chi connectivity index (χ4v) is 4.47. The molecule has 0 spiro atoms. The highest BCUT2D eigenvalue weighted by atomic mass is 35.5. The second-order valence-corrected chi connectivity index (χ2v) is 8.29. The highest BCUT2D eigenvalue weighted by Gasteiger charge is 2.34. The van der Waals surface area contributed by atoms with Crippen LogP contribution in [0.4, 0.5) is 14.9 Å². The number of nitrogens with zero attached hydrogens (tertiary/aromatic N) is 2. The largest absolute Gasteiger partial charge is 0.322 e. The van der Waals surface area contributed by atoms with Gasteiger partial charge in [-0.15, -0.1) is 0 Å². The molecule has 4 nitrogen and oxygen atoms in total. The molecule has 0 saturated carbocycles. The smallest absolute Gasteiger partial charge is 0.318 e. The topological polar surface area (TPSA) is 37.3 Å². The molecule has 0 aliphatic carbocycles. The van der Waals surface area contributed by atoms with E-state index in [2.05, 4.69) is 9.88 Å². The van der Waals surface area contributed by atoms with Crippen molar-refractivity contribution in [3.05, 3.63) is 118 Å². The quantitative estimate of drug-likeness (QED) is 0.365. The van der Waals surface area contributed by atoms with Crippen molar-refractivity contribution in [2.75, 3.05) is 5.32 Å². The molecule has 3 aromatic carbocycles. The molecule has 1 N–H and O–H groups in total. The number of halogens is 2. The highest BCUT2D eigenvalue weighted by Crippen LogP contribution is 2.39. The zero-order valence-corrected chi connectivity index (χ0v) is 18.2. The molecule has 0 bridgehead atoms. The standard InChI is InChI=1S/C26H21ClFN3O/c1-17-12-13-19(15-22(17)28)29-26(32)31-16-18-7-2-5-10-23(18)30-14-6-11-24(30)25(31)20-8-3-4-9-21(20)27/h2-15,25H,16H2,1H3,(H,29,32)/t25-/m0/s1. The normalized spacial score (nSPS) is 15.0. The molecule has 4 aromatic rings. The van der Waals surface area contributed by atoms with Gasteiger partial charge in [-0.2, -0.15) is 0 Å². The van der Waals surface area contributed by atoms with Crippen molar-refractivity contribution in [1.29, 1.82) is 0 Å². The van der Waals surface area contributed by atoms with Gasteiger partial charge >= 0.3 is 6.03 Å². The molecule has 160 valence electrons. The summed E-state index contributed by atoms with van der Waals surface area (Å²) in [4.78, 5) is 15.3. The first-order valence-electron chi connectivity index (χ1n) is 10.4. The zero-order chi connectivity index (χ0) is 22.2. The highest BCUT2D eigenvalue weighted by molar-refractivity contribution is 6.31. The average molecular weight is 446 g/mol. The van der Waals surface area contributed by atoms with Gasteiger partial charge in [-0.05, 0) is 60.0 Å². The number of aryl methyl sites for hydroxylation is 1. The summed E-state index contributed by atoms with van der Waals surface area (Å²) in [6, 6.07) is 23.5. The summed E-state index contributed by atoms with van der Waals surface area (Å²) >= 11 is 6.61. The SMILES string of the molecule is Cc1ccc(NC(=O)N2Cc3ccccc3-n3cccc3[C@@H]2c2ccccc2Cl)cc1F. The Hall–Kier alpha value is -3.57. The minimum absolute atomic E-state index is 0.331. The van der Waals surface area contributed by atoms with Crippen LogP contribution in [-0.4, -0.2) is 15.5 Å². The summed E-state index contributed by atoms with van der Waals surface area (Å²) in [7, 11) is 0. The Labute approximate surface area is 190 Å². The number of carbonyl (C=O) groups is 1. The molecule has 1 aromatic heterocycles. The fraction of sp³-hybridized carbons (Fsp3) is 0.115. The Balaban J connectivity index is 1.64. The van der Waals surface area contributed by atoms with Crippen LogP contribution < -0.4 is 5.32 Å². The molecule has 1 aliphatic heterocycles. The first kappa shape index (κ1) is 20.3. The Morgan fingerprint density at radius 1 is 1.03 bits per heavy atom. The van der Waals surface area contributed by atoms with Gasteiger partial charge in [0.15, 0.2) is 0 Å². The minimum atomic E-state index is -0.429. The zero-order valence-electron chi connectivity index (χ0n) is 17.4. The lowest BCUT2D eigenvalue weighted by atomic mass is 10.0. The molecule has 0 radical (unpaired) electrons. The summed E-state index contributed by atoms with van der Waals surface area (Å²) in [5.74, 6) is -0.361. The maximum atomic E-state index is 14.1. The van der Waals surface area contributed by atoms with Gasteiger partial charge < -0.3 is 14.8 Å². The van der Waals surface area contributed by atoms with Crippen molar-refractivity contribution in [1.82, 2.24) is 9.47 Å². The van der Waals surface area contributed by atoms with E-state index in [-0.39, 0.29) is 11.8 Å². The van der Waals surface area contributed by atoms with E-state index in [1.165, 1.54) is 6.07 Å². The molecule has 0 unspecified atom stereocenters. The molecule has 2 heterocycles. The number of benzene rings is 3. The first-order valence-corrected chi connectivity index (χ1v) is 10.7. The second-order valence-electron chi connectivity index (χ2n) is 7.88. The predicted molar refractivity (Wildman–Crippen MR) is 125 cm³/mol. The van der Waals surface area contributed by atoms with E-state index in [0.717, 1.165) is 22.5 Å². The molecule has 6 heteroatoms. The maximum absolute atomic E-state index is 14.1. The van der Waals surface area contributed by atoms with Crippen LogP contribution in [0.2, 0.25) is 5.02 Å². The number of rotatable bonds is 2. The monoisotopic (exact) mass is 445 g/mol. The van der Waals surface area contributed by atoms with Crippen LogP contribution in [0.15, 0.2) is 85.1 Å². The maximum Gasteiger partial charge on any atom is 0.322 e. The Morgan fingerprint density at radius 3 is 2.62 bits per heavy atom. The molecule has 5 rings (SSSR count). The third kappa shape index (κ3) is 3.55. The number of fused-ring (bicyclic) bond motifs is 3. The van der Waals surface area contributed by atoms with Crippen molar-refractivity contribution in [3.63, 3.8) is 0 Å². The number of nitrogens with one attached hydrogen (secondary N) is 1. The van der Waals surface area contributed by atoms with Crippen molar-refractivity contribution in [2.45, 2.75) is 19.5 Å². The summed E-state index contributed by atoms with van der Waals surface area (Å²) in [5.41, 5.74) is 4.70. The van der Waals surface area contributed by atoms with E-state index in [0.29, 0.717) is 22.8 Å². The van der Waals surface area contributed by atoms with Crippen molar-refractivity contribution >= 4 is 23.3 Å². The number of anilines is 1. The average Bonchev–Trinajstić information content (AvgIpc) is 3.21. The van der Waals surface area contributed by atoms with Gasteiger partial charge in [0.2, 0.25) is 0 Å². The van der Waals surface area contributed by atoms with E-state index >= 15 is 0 Å². The van der Waals surface area contributed by atoms with Crippen molar-refractivity contribution in [3.8, 4) is 5.69 Å². The third-order valence-electron chi connectivity index (χ3n) is 5.85. The summed E-state index contributed by atoms with van der Waals surface area (Å²) in [5, 5.41) is 3.45. The lowest BCUT2D eigenvalue weighted by Gasteiger charge is -2.31. The van der Waals surface area contributed by atoms with Crippen LogP contribution in [0.25, 0.3) is 5.69 Å². The van der Waals surface area contributed by atoms with Crippen LogP contribution in [0.1, 0.15) is 28.4 Å². The molecule has 0 fully saturated rings. The molecular formula is C26H21ClFN3O. The van der Waals surface area contributed by atoms with E-state index in [1.807, 2.05) is 66.9 Å². The minimum Gasteiger partial charge on any atom is -0.318 e. The van der Waals surface area contributed by atoms with Gasteiger partial charge in [0.1, 0.15) is 11.9 Å². The van der Waals surface area contributed by atoms with Crippen LogP contribution in [0, 0.1) is 12.7 Å². The van der Waals surface area contributed by atoms with Crippen molar-refractivity contribution < 1.29 is 9.18 Å². The molecule has 0 saturated heterocycles. The number of para-hydroxylation sites is 1. The van der Waals surface area contributed by atoms with Gasteiger partial charge in [0.25, 0.3) is 0 Å². The molecule has 2 amide bonds. The number of hydrogen-bond acceptors (Lipinski definition) is 1. The molecule has 32 heavy (non-hydrogen) atoms. The second kappa shape index (κ2) is 8.17. The Bertz CT molecular complexity index is 1320. The fourth-order valence-electron chi connectivity index (χ4n) is 4.23. The van der Waals surface area contributed by atoms with Crippen LogP contribution in [0.3, 0.4) is 0 Å². The van der Waals surface area contributed by atoms with E-state index in [4.69, 9.17) is 11.6 Å². The van der Waals surface area contributed by atoms with Crippen molar-refractivity contribution in [2.24, 2.45) is 0 Å². The molecule has 1 aliphatic rings. The Morgan fingerprint density at radius 2 is 1.81 bits per heavy atom. The van der Waals surface area contributed by atoms with E-state index in [1.54, 1.807) is 24.0 Å². The molecule has 1 atom stereocenters. The van der Waals surface area contributed by atoms with Gasteiger partial charge in [0.05, 0.1) is 17.9 Å². The van der Waals surface area contributed by atoms with Gasteiger partial charge in [-0.1, -0.05) is 54.1 Å². The van der Waals surface area contributed by atoms with Gasteiger partial charge in [0, 0.05) is 16.9 Å². The summed E-state index contributed by atoms with van der Waals surface area (Å²) < 4.78 is 16.2. The van der Waals surface area contributed by atoms with E-state index < -0.39 is 6.04 Å². The van der Waals surface area contributed by atoms with Gasteiger partial charge in [-0.3, -0.25) is 0 Å². The number of aromatic nitrogens is 1. The third-order valence-corrected chi connectivity index (χ3v) is 6.19. The Kier molecular flexibility index (Phi) is 5.19. The molecular weight excluding hydrogens is 425 g/mol. The number of amides is 2. The number of carbonyl (C=O) groups excluding carboxylic acids is 1. The van der Waals surface area contributed by atoms with Gasteiger partial charge in [-0.25, -0.2) is 9.18 Å². The number of hydrogen-bond donors (Lipinski definition) is 1. The van der Waals surface area contributed by atoms with E-state index in [9.17, 15) is 9.18 Å². The summed E-state index contributed by atoms with van der Waals surface area (Å²) in [6.07, 6.45) is 1.99. The first-order chi connectivity index (χ1) is 15.5. The van der Waals surface area contributed by atoms with Crippen LogP contribution in [-0.2, 0) is 6.54 Å². The predicted octanol–water partition coefficient (Wildman–Crippen LogP) is 6.72. The van der Waals surface area contributed by atoms with Crippen LogP contribution in [0.5, 0.6) is 0 Å². The lowest BCUT2D eigenvalue weighted by molar-refractivity contribution is 0.194. The van der Waals surface area contributed by atoms with Crippen LogP contribution >= 0.6 is 11.6 Å². The summed E-state index contributed by atoms with van der Waals surface area (Å²) in [6.45, 7) is 2.06.